The summed E-state index contributed by atoms with van der Waals surface area (Å²) in [5, 5.41) is 8.86. The summed E-state index contributed by atoms with van der Waals surface area (Å²) in [4.78, 5) is 0. The molecule has 3 nitrogen and oxygen atoms in total. The van der Waals surface area contributed by atoms with Crippen molar-refractivity contribution in [2.24, 2.45) is 5.73 Å². The molecule has 1 aromatic rings. The Kier molecular flexibility index (Phi) is 2.38. The molecule has 0 amide bonds. The summed E-state index contributed by atoms with van der Waals surface area (Å²) in [6.07, 6.45) is 2.62. The zero-order valence-electron chi connectivity index (χ0n) is 7.86. The first-order valence-corrected chi connectivity index (χ1v) is 4.73. The maximum atomic E-state index is 8.86. The van der Waals surface area contributed by atoms with Gasteiger partial charge in [0.05, 0.1) is 17.7 Å². The Bertz CT molecular complexity index is 377. The monoisotopic (exact) mass is 188 g/mol. The van der Waals surface area contributed by atoms with Gasteiger partial charge in [0.2, 0.25) is 0 Å². The minimum atomic E-state index is 0.366. The summed E-state index contributed by atoms with van der Waals surface area (Å²) in [6.45, 7) is 0.395. The quantitative estimate of drug-likeness (QED) is 0.783. The summed E-state index contributed by atoms with van der Waals surface area (Å²) < 4.78 is 5.58. The van der Waals surface area contributed by atoms with E-state index in [2.05, 4.69) is 6.07 Å². The van der Waals surface area contributed by atoms with E-state index in [0.717, 1.165) is 24.2 Å². The lowest BCUT2D eigenvalue weighted by Crippen LogP contribution is -2.01. The Balaban J connectivity index is 2.22. The average molecular weight is 188 g/mol. The van der Waals surface area contributed by atoms with E-state index in [1.165, 1.54) is 0 Å². The number of rotatable bonds is 3. The molecular weight excluding hydrogens is 176 g/mol. The van der Waals surface area contributed by atoms with Gasteiger partial charge >= 0.3 is 0 Å². The predicted octanol–water partition coefficient (Wildman–Crippen LogP) is 1.56. The lowest BCUT2D eigenvalue weighted by atomic mass is 10.1. The first-order valence-electron chi connectivity index (χ1n) is 4.73. The Morgan fingerprint density at radius 1 is 1.50 bits per heavy atom. The van der Waals surface area contributed by atoms with Gasteiger partial charge < -0.3 is 10.5 Å². The molecule has 0 unspecified atom stereocenters. The second kappa shape index (κ2) is 3.69. The fourth-order valence-electron chi connectivity index (χ4n) is 1.29. The molecule has 0 radical (unpaired) electrons. The topological polar surface area (TPSA) is 59.0 Å². The van der Waals surface area contributed by atoms with Crippen molar-refractivity contribution in [3.8, 4) is 11.8 Å². The number of hydrogen-bond donors (Lipinski definition) is 1. The molecule has 0 heterocycles. The van der Waals surface area contributed by atoms with E-state index < -0.39 is 0 Å². The van der Waals surface area contributed by atoms with E-state index >= 15 is 0 Å². The van der Waals surface area contributed by atoms with Crippen LogP contribution in [0.3, 0.4) is 0 Å². The van der Waals surface area contributed by atoms with Crippen LogP contribution in [0.2, 0.25) is 0 Å². The minimum absolute atomic E-state index is 0.366. The maximum Gasteiger partial charge on any atom is 0.121 e. The number of benzene rings is 1. The summed E-state index contributed by atoms with van der Waals surface area (Å²) >= 11 is 0. The Labute approximate surface area is 83.1 Å². The molecule has 0 saturated heterocycles. The van der Waals surface area contributed by atoms with Gasteiger partial charge in [-0.15, -0.1) is 0 Å². The van der Waals surface area contributed by atoms with Crippen LogP contribution in [0.4, 0.5) is 0 Å². The molecule has 72 valence electrons. The van der Waals surface area contributed by atoms with E-state index in [-0.39, 0.29) is 0 Å². The molecule has 1 aliphatic carbocycles. The summed E-state index contributed by atoms with van der Waals surface area (Å²) in [5.74, 6) is 0.779. The number of nitrogens with two attached hydrogens (primary N) is 1. The fourth-order valence-corrected chi connectivity index (χ4v) is 1.29. The van der Waals surface area contributed by atoms with Gasteiger partial charge in [-0.05, 0) is 30.5 Å². The zero-order chi connectivity index (χ0) is 9.97. The highest BCUT2D eigenvalue weighted by Crippen LogP contribution is 2.27. The highest BCUT2D eigenvalue weighted by Gasteiger charge is 2.23. The zero-order valence-corrected chi connectivity index (χ0v) is 7.86. The van der Waals surface area contributed by atoms with E-state index in [1.807, 2.05) is 12.1 Å². The van der Waals surface area contributed by atoms with Crippen LogP contribution < -0.4 is 10.5 Å². The molecule has 1 fully saturated rings. The summed E-state index contributed by atoms with van der Waals surface area (Å²) in [7, 11) is 0. The largest absolute Gasteiger partial charge is 0.490 e. The maximum absolute atomic E-state index is 8.86. The standard InChI is InChI=1S/C11H12N2O/c12-6-8-1-2-11(5-9(8)7-13)14-10-3-4-10/h1-2,5,10H,3-4,6,12H2. The van der Waals surface area contributed by atoms with Crippen molar-refractivity contribution in [3.05, 3.63) is 29.3 Å². The molecule has 0 bridgehead atoms. The van der Waals surface area contributed by atoms with Crippen molar-refractivity contribution >= 4 is 0 Å². The first-order chi connectivity index (χ1) is 6.83. The second-order valence-corrected chi connectivity index (χ2v) is 3.45. The van der Waals surface area contributed by atoms with Crippen LogP contribution in [-0.2, 0) is 6.54 Å². The molecule has 1 aliphatic rings. The molecule has 0 atom stereocenters. The van der Waals surface area contributed by atoms with Gasteiger partial charge in [0.15, 0.2) is 0 Å². The minimum Gasteiger partial charge on any atom is -0.490 e. The molecule has 2 N–H and O–H groups in total. The van der Waals surface area contributed by atoms with Gasteiger partial charge in [0.25, 0.3) is 0 Å². The van der Waals surface area contributed by atoms with Crippen LogP contribution >= 0.6 is 0 Å². The van der Waals surface area contributed by atoms with Gasteiger partial charge in [0, 0.05) is 6.54 Å². The Morgan fingerprint density at radius 2 is 2.29 bits per heavy atom. The van der Waals surface area contributed by atoms with Crippen LogP contribution in [0.15, 0.2) is 18.2 Å². The number of ether oxygens (including phenoxy) is 1. The molecule has 0 spiro atoms. The highest BCUT2D eigenvalue weighted by atomic mass is 16.5. The van der Waals surface area contributed by atoms with Crippen molar-refractivity contribution in [1.29, 1.82) is 5.26 Å². The van der Waals surface area contributed by atoms with Crippen molar-refractivity contribution in [3.63, 3.8) is 0 Å². The molecule has 0 aliphatic heterocycles. The van der Waals surface area contributed by atoms with Crippen LogP contribution in [0.5, 0.6) is 5.75 Å². The third kappa shape index (κ3) is 1.86. The van der Waals surface area contributed by atoms with Crippen molar-refractivity contribution in [2.45, 2.75) is 25.5 Å². The first kappa shape index (κ1) is 9.04. The van der Waals surface area contributed by atoms with E-state index in [4.69, 9.17) is 15.7 Å². The lowest BCUT2D eigenvalue weighted by molar-refractivity contribution is 0.303. The molecule has 2 rings (SSSR count). The van der Waals surface area contributed by atoms with Gasteiger partial charge in [0.1, 0.15) is 5.75 Å². The smallest absolute Gasteiger partial charge is 0.121 e. The molecule has 1 aromatic carbocycles. The van der Waals surface area contributed by atoms with Crippen LogP contribution in [-0.4, -0.2) is 6.10 Å². The summed E-state index contributed by atoms with van der Waals surface area (Å²) in [5.41, 5.74) is 6.99. The number of nitrogens with zero attached hydrogens (tertiary/aromatic N) is 1. The van der Waals surface area contributed by atoms with E-state index in [1.54, 1.807) is 6.07 Å². The third-order valence-electron chi connectivity index (χ3n) is 2.25. The van der Waals surface area contributed by atoms with Crippen molar-refractivity contribution < 1.29 is 4.74 Å². The normalized spacial score (nSPS) is 14.9. The SMILES string of the molecule is N#Cc1cc(OC2CC2)ccc1CN. The Morgan fingerprint density at radius 3 is 2.86 bits per heavy atom. The number of nitriles is 1. The Hall–Kier alpha value is -1.53. The average Bonchev–Trinajstić information content (AvgIpc) is 3.01. The molecule has 3 heteroatoms. The third-order valence-corrected chi connectivity index (χ3v) is 2.25. The summed E-state index contributed by atoms with van der Waals surface area (Å²) in [6, 6.07) is 7.62. The predicted molar refractivity (Wildman–Crippen MR) is 52.7 cm³/mol. The van der Waals surface area contributed by atoms with Gasteiger partial charge in [-0.25, -0.2) is 0 Å². The van der Waals surface area contributed by atoms with E-state index in [0.29, 0.717) is 18.2 Å². The van der Waals surface area contributed by atoms with Crippen molar-refractivity contribution in [2.75, 3.05) is 0 Å². The van der Waals surface area contributed by atoms with Gasteiger partial charge in [-0.1, -0.05) is 6.07 Å². The molecule has 1 saturated carbocycles. The van der Waals surface area contributed by atoms with Gasteiger partial charge in [-0.2, -0.15) is 5.26 Å². The number of hydrogen-bond acceptors (Lipinski definition) is 3. The van der Waals surface area contributed by atoms with Crippen LogP contribution in [0.25, 0.3) is 0 Å². The molecular formula is C11H12N2O. The molecule has 14 heavy (non-hydrogen) atoms. The highest BCUT2D eigenvalue weighted by molar-refractivity contribution is 5.43. The lowest BCUT2D eigenvalue weighted by Gasteiger charge is -2.06. The van der Waals surface area contributed by atoms with Crippen LogP contribution in [0.1, 0.15) is 24.0 Å². The molecule has 0 aromatic heterocycles. The fraction of sp³-hybridized carbons (Fsp3) is 0.364. The second-order valence-electron chi connectivity index (χ2n) is 3.45. The van der Waals surface area contributed by atoms with Gasteiger partial charge in [-0.3, -0.25) is 0 Å². The van der Waals surface area contributed by atoms with Crippen molar-refractivity contribution in [1.82, 2.24) is 0 Å². The van der Waals surface area contributed by atoms with E-state index in [9.17, 15) is 0 Å². The van der Waals surface area contributed by atoms with Crippen LogP contribution in [0, 0.1) is 11.3 Å².